The maximum absolute atomic E-state index is 11.4. The fourth-order valence-electron chi connectivity index (χ4n) is 3.93. The molecule has 1 unspecified atom stereocenters. The number of nitroso groups, excluding NO2 is 1. The summed E-state index contributed by atoms with van der Waals surface area (Å²) in [4.78, 5) is 24.8. The maximum atomic E-state index is 11.4. The van der Waals surface area contributed by atoms with E-state index in [-0.39, 0.29) is 17.3 Å². The molecule has 28 heavy (non-hydrogen) atoms. The quantitative estimate of drug-likeness (QED) is 0.422. The van der Waals surface area contributed by atoms with E-state index in [0.29, 0.717) is 18.9 Å². The molecule has 0 amide bonds. The van der Waals surface area contributed by atoms with Crippen LogP contribution in [-0.2, 0) is 6.42 Å². The molecule has 1 saturated heterocycles. The van der Waals surface area contributed by atoms with Gasteiger partial charge in [0, 0.05) is 5.70 Å². The van der Waals surface area contributed by atoms with Gasteiger partial charge >= 0.3 is 13.0 Å². The van der Waals surface area contributed by atoms with Crippen LogP contribution in [0, 0.1) is 22.2 Å². The van der Waals surface area contributed by atoms with Crippen molar-refractivity contribution in [1.29, 1.82) is 5.26 Å². The Morgan fingerprint density at radius 3 is 2.86 bits per heavy atom. The fourth-order valence-corrected chi connectivity index (χ4v) is 3.93. The molecule has 1 fully saturated rings. The molecule has 0 radical (unpaired) electrons. The number of carboxylic acids is 1. The number of allylic oxidation sites excluding steroid dienone is 1. The second kappa shape index (κ2) is 8.89. The third-order valence-corrected chi connectivity index (χ3v) is 5.38. The third-order valence-electron chi connectivity index (χ3n) is 5.38. The van der Waals surface area contributed by atoms with Crippen molar-refractivity contribution in [1.82, 2.24) is 10.2 Å². The molecule has 2 aliphatic rings. The lowest BCUT2D eigenvalue weighted by molar-refractivity contribution is 0.0694. The molecule has 2 heterocycles. The van der Waals surface area contributed by atoms with Crippen molar-refractivity contribution in [3.63, 3.8) is 0 Å². The molecular weight excluding hydrogens is 359 g/mol. The molecule has 0 aromatic heterocycles. The predicted octanol–water partition coefficient (Wildman–Crippen LogP) is 2.21. The van der Waals surface area contributed by atoms with Gasteiger partial charge in [-0.05, 0) is 56.3 Å². The van der Waals surface area contributed by atoms with Gasteiger partial charge in [-0.15, -0.1) is 0 Å². The van der Waals surface area contributed by atoms with E-state index in [4.69, 9.17) is 9.92 Å². The van der Waals surface area contributed by atoms with Crippen LogP contribution in [0.3, 0.4) is 0 Å². The molecule has 1 aromatic rings. The maximum Gasteiger partial charge on any atom is 0.570 e. The first kappa shape index (κ1) is 19.9. The van der Waals surface area contributed by atoms with Gasteiger partial charge in [0.2, 0.25) is 0 Å². The molecule has 3 rings (SSSR count). The number of carbonyl (C=O) groups is 1. The number of hydrogen-bond donors (Lipinski definition) is 2. The van der Waals surface area contributed by atoms with Gasteiger partial charge in [-0.3, -0.25) is 4.90 Å². The summed E-state index contributed by atoms with van der Waals surface area (Å²) in [6.07, 6.45) is 3.23. The van der Waals surface area contributed by atoms with E-state index in [1.165, 1.54) is 6.07 Å². The van der Waals surface area contributed by atoms with Gasteiger partial charge in [0.05, 0.1) is 24.1 Å². The van der Waals surface area contributed by atoms with Crippen molar-refractivity contribution < 1.29 is 14.6 Å². The Morgan fingerprint density at radius 2 is 2.21 bits per heavy atom. The molecular formula is C19H23BN4O4. The molecule has 1 aromatic carbocycles. The molecule has 2 aliphatic heterocycles. The van der Waals surface area contributed by atoms with Crippen LogP contribution in [0.2, 0.25) is 0 Å². The first-order valence-electron chi connectivity index (χ1n) is 9.39. The van der Waals surface area contributed by atoms with Crippen LogP contribution in [0.4, 0.5) is 0 Å². The Hall–Kier alpha value is -2.86. The minimum Gasteiger partial charge on any atom is -0.536 e. The number of nitrogens with zero attached hydrogens (tertiary/aromatic N) is 3. The summed E-state index contributed by atoms with van der Waals surface area (Å²) in [5.74, 6) is -0.790. The highest BCUT2D eigenvalue weighted by atomic mass is 16.5. The minimum absolute atomic E-state index is 0.0348. The van der Waals surface area contributed by atoms with Crippen LogP contribution >= 0.6 is 0 Å². The van der Waals surface area contributed by atoms with E-state index in [2.05, 4.69) is 28.0 Å². The second-order valence-corrected chi connectivity index (χ2v) is 7.35. The van der Waals surface area contributed by atoms with Gasteiger partial charge in [0.15, 0.2) is 0 Å². The minimum atomic E-state index is -1.10. The van der Waals surface area contributed by atoms with E-state index in [1.54, 1.807) is 12.1 Å². The number of carboxylic acid groups (broad SMARTS) is 1. The lowest BCUT2D eigenvalue weighted by atomic mass is 9.68. The summed E-state index contributed by atoms with van der Waals surface area (Å²) in [7, 11) is -1.01. The smallest absolute Gasteiger partial charge is 0.536 e. The highest BCUT2D eigenvalue weighted by Crippen LogP contribution is 2.31. The largest absolute Gasteiger partial charge is 0.570 e. The average Bonchev–Trinajstić information content (AvgIpc) is 2.68. The summed E-state index contributed by atoms with van der Waals surface area (Å²) >= 11 is 0. The highest BCUT2D eigenvalue weighted by molar-refractivity contribution is 6.53. The Bertz CT molecular complexity index is 802. The summed E-state index contributed by atoms with van der Waals surface area (Å²) in [5.41, 5.74) is 1.58. The van der Waals surface area contributed by atoms with Crippen LogP contribution < -0.4 is 9.97 Å². The summed E-state index contributed by atoms with van der Waals surface area (Å²) in [5, 5.41) is 24.4. The van der Waals surface area contributed by atoms with Crippen molar-refractivity contribution in [3.05, 3.63) is 46.5 Å². The lowest BCUT2D eigenvalue weighted by Crippen LogP contribution is -2.50. The van der Waals surface area contributed by atoms with E-state index in [9.17, 15) is 14.8 Å². The molecule has 0 aliphatic carbocycles. The molecule has 9 heteroatoms. The standard InChI is InChI=1S/C19H23BN4O4/c1-13(11-14-5-8-24(9-6-14)10-7-21)22-17-12-15-3-2-4-16(19(25)26)18(15)28-20(17)23-27/h2-4,14,17,22H,1,5-6,8-12H2,(H,25,26). The number of nitrogens with one attached hydrogen (secondary N) is 1. The molecule has 0 saturated carbocycles. The number of fused-ring (bicyclic) bond motifs is 1. The lowest BCUT2D eigenvalue weighted by Gasteiger charge is -2.33. The first-order valence-corrected chi connectivity index (χ1v) is 9.39. The van der Waals surface area contributed by atoms with E-state index in [1.807, 2.05) is 0 Å². The monoisotopic (exact) mass is 382 g/mol. The zero-order valence-electron chi connectivity index (χ0n) is 15.6. The van der Waals surface area contributed by atoms with E-state index < -0.39 is 13.0 Å². The zero-order valence-corrected chi connectivity index (χ0v) is 15.6. The van der Waals surface area contributed by atoms with Crippen LogP contribution in [0.5, 0.6) is 5.75 Å². The van der Waals surface area contributed by atoms with Gasteiger partial charge in [0.1, 0.15) is 5.75 Å². The number of hydrogen-bond acceptors (Lipinski definition) is 7. The first-order chi connectivity index (χ1) is 13.5. The third kappa shape index (κ3) is 4.51. The number of para-hydroxylation sites is 1. The Balaban J connectivity index is 1.60. The van der Waals surface area contributed by atoms with Crippen molar-refractivity contribution in [3.8, 4) is 11.8 Å². The number of benzene rings is 1. The van der Waals surface area contributed by atoms with Crippen molar-refractivity contribution in [2.75, 3.05) is 19.6 Å². The topological polar surface area (TPSA) is 115 Å². The van der Waals surface area contributed by atoms with Crippen LogP contribution in [0.1, 0.15) is 35.2 Å². The molecule has 0 bridgehead atoms. The summed E-state index contributed by atoms with van der Waals surface area (Å²) in [6, 6.07) is 7.10. The van der Waals surface area contributed by atoms with Crippen LogP contribution in [-0.4, -0.2) is 48.6 Å². The van der Waals surface area contributed by atoms with Gasteiger partial charge in [-0.25, -0.2) is 4.79 Å². The predicted molar refractivity (Wildman–Crippen MR) is 105 cm³/mol. The zero-order chi connectivity index (χ0) is 20.1. The van der Waals surface area contributed by atoms with Crippen LogP contribution in [0.25, 0.3) is 0 Å². The molecule has 146 valence electrons. The average molecular weight is 382 g/mol. The van der Waals surface area contributed by atoms with Gasteiger partial charge < -0.3 is 15.1 Å². The Labute approximate surface area is 164 Å². The van der Waals surface area contributed by atoms with Crippen molar-refractivity contribution in [2.45, 2.75) is 31.6 Å². The Morgan fingerprint density at radius 1 is 1.46 bits per heavy atom. The number of nitriles is 1. The molecule has 1 atom stereocenters. The van der Waals surface area contributed by atoms with Gasteiger partial charge in [-0.1, -0.05) is 23.8 Å². The molecule has 2 N–H and O–H groups in total. The Kier molecular flexibility index (Phi) is 6.32. The van der Waals surface area contributed by atoms with Crippen molar-refractivity contribution >= 4 is 13.0 Å². The van der Waals surface area contributed by atoms with Crippen LogP contribution in [0.15, 0.2) is 35.6 Å². The normalized spacial score (nSPS) is 19.8. The van der Waals surface area contributed by atoms with E-state index >= 15 is 0 Å². The number of aromatic carboxylic acids is 1. The summed E-state index contributed by atoms with van der Waals surface area (Å²) in [6.45, 7) is 6.38. The van der Waals surface area contributed by atoms with E-state index in [0.717, 1.165) is 43.6 Å². The molecule has 0 spiro atoms. The number of likely N-dealkylation sites (tertiary alicyclic amines) is 1. The highest BCUT2D eigenvalue weighted by Gasteiger charge is 2.39. The van der Waals surface area contributed by atoms with Gasteiger partial charge in [-0.2, -0.15) is 10.2 Å². The number of piperidine rings is 1. The van der Waals surface area contributed by atoms with Gasteiger partial charge in [0.25, 0.3) is 0 Å². The second-order valence-electron chi connectivity index (χ2n) is 7.35. The SMILES string of the molecule is C=C(CC1CCN(CC#N)CC1)NC1Cc2cccc(C(=O)O)c2OB1N=O. The summed E-state index contributed by atoms with van der Waals surface area (Å²) < 4.78 is 5.62. The number of rotatable bonds is 7. The fraction of sp³-hybridized carbons (Fsp3) is 0.474. The van der Waals surface area contributed by atoms with Crippen molar-refractivity contribution in [2.24, 2.45) is 11.0 Å². The molecule has 8 nitrogen and oxygen atoms in total.